The molecule has 82 valence electrons. The van der Waals surface area contributed by atoms with Crippen molar-refractivity contribution in [3.8, 4) is 0 Å². The summed E-state index contributed by atoms with van der Waals surface area (Å²) in [7, 11) is 1.27. The summed E-state index contributed by atoms with van der Waals surface area (Å²) in [5.74, 6) is -0.748. The van der Waals surface area contributed by atoms with Gasteiger partial charge in [0.1, 0.15) is 6.54 Å². The molecule has 0 spiro atoms. The number of nitrogens with zero attached hydrogens (tertiary/aromatic N) is 1. The normalized spacial score (nSPS) is 29.1. The summed E-state index contributed by atoms with van der Waals surface area (Å²) in [6, 6.07) is 0. The second-order valence-electron chi connectivity index (χ2n) is 3.42. The molecule has 2 atom stereocenters. The van der Waals surface area contributed by atoms with Crippen molar-refractivity contribution in [3.05, 3.63) is 11.6 Å². The fourth-order valence-corrected chi connectivity index (χ4v) is 1.55. The Hall–Kier alpha value is -1.40. The van der Waals surface area contributed by atoms with E-state index < -0.39 is 18.3 Å². The number of rotatable bonds is 2. The molecular weight excluding hydrogens is 202 g/mol. The van der Waals surface area contributed by atoms with Crippen LogP contribution in [0.4, 0.5) is 0 Å². The number of methoxy groups -OCH3 is 1. The predicted molar refractivity (Wildman–Crippen MR) is 47.2 cm³/mol. The highest BCUT2D eigenvalue weighted by Crippen LogP contribution is 2.27. The van der Waals surface area contributed by atoms with Crippen molar-refractivity contribution in [1.29, 1.82) is 0 Å². The van der Waals surface area contributed by atoms with Crippen molar-refractivity contribution < 1.29 is 24.1 Å². The first-order valence-corrected chi connectivity index (χ1v) is 4.51. The van der Waals surface area contributed by atoms with Gasteiger partial charge < -0.3 is 4.74 Å². The molecule has 3 aliphatic rings. The molecule has 0 N–H and O–H groups in total. The van der Waals surface area contributed by atoms with Crippen molar-refractivity contribution >= 4 is 11.9 Å². The van der Waals surface area contributed by atoms with Gasteiger partial charge in [0, 0.05) is 0 Å². The molecule has 1 amide bonds. The molecule has 2 bridgehead atoms. The number of ether oxygens (including phenoxy) is 1. The molecule has 6 nitrogen and oxygen atoms in total. The van der Waals surface area contributed by atoms with Gasteiger partial charge in [-0.1, -0.05) is 0 Å². The number of hydrogen-bond acceptors (Lipinski definition) is 5. The fourth-order valence-electron chi connectivity index (χ4n) is 1.55. The molecule has 0 saturated carbocycles. The van der Waals surface area contributed by atoms with Crippen LogP contribution in [0.5, 0.6) is 0 Å². The van der Waals surface area contributed by atoms with E-state index in [-0.39, 0.29) is 12.5 Å². The van der Waals surface area contributed by atoms with Crippen LogP contribution in [0, 0.1) is 0 Å². The third-order valence-electron chi connectivity index (χ3n) is 2.41. The molecule has 1 fully saturated rings. The lowest BCUT2D eigenvalue weighted by molar-refractivity contribution is -0.377. The van der Waals surface area contributed by atoms with Crippen LogP contribution in [-0.4, -0.2) is 42.8 Å². The summed E-state index contributed by atoms with van der Waals surface area (Å²) in [6.07, 6.45) is 0.402. The van der Waals surface area contributed by atoms with Gasteiger partial charge in [0.2, 0.25) is 0 Å². The summed E-state index contributed by atoms with van der Waals surface area (Å²) >= 11 is 0. The molecule has 3 aliphatic heterocycles. The van der Waals surface area contributed by atoms with Gasteiger partial charge in [-0.2, -0.15) is 0 Å². The van der Waals surface area contributed by atoms with E-state index in [0.717, 1.165) is 5.57 Å². The molecule has 0 aromatic rings. The fraction of sp³-hybridized carbons (Fsp3) is 0.556. The minimum atomic E-state index is -0.723. The monoisotopic (exact) mass is 213 g/mol. The van der Waals surface area contributed by atoms with E-state index in [1.165, 1.54) is 12.0 Å². The summed E-state index contributed by atoms with van der Waals surface area (Å²) in [5, 5.41) is 0. The van der Waals surface area contributed by atoms with Gasteiger partial charge in [0.15, 0.2) is 12.3 Å². The largest absolute Gasteiger partial charge is 0.468 e. The van der Waals surface area contributed by atoms with Gasteiger partial charge in [0.05, 0.1) is 7.11 Å². The molecule has 6 heteroatoms. The van der Waals surface area contributed by atoms with Gasteiger partial charge in [-0.05, 0) is 18.6 Å². The van der Waals surface area contributed by atoms with Crippen molar-refractivity contribution in [3.63, 3.8) is 0 Å². The minimum absolute atomic E-state index is 0.121. The van der Waals surface area contributed by atoms with Crippen LogP contribution < -0.4 is 0 Å². The lowest BCUT2D eigenvalue weighted by Gasteiger charge is -2.40. The molecule has 15 heavy (non-hydrogen) atoms. The third-order valence-corrected chi connectivity index (χ3v) is 2.41. The number of fused-ring (bicyclic) bond motifs is 2. The first-order valence-electron chi connectivity index (χ1n) is 4.51. The van der Waals surface area contributed by atoms with Gasteiger partial charge in [0.25, 0.3) is 5.91 Å². The van der Waals surface area contributed by atoms with E-state index in [2.05, 4.69) is 4.74 Å². The van der Waals surface area contributed by atoms with Crippen LogP contribution in [0.25, 0.3) is 0 Å². The zero-order chi connectivity index (χ0) is 11.0. The van der Waals surface area contributed by atoms with Crippen LogP contribution in [0.1, 0.15) is 6.92 Å². The zero-order valence-electron chi connectivity index (χ0n) is 8.43. The average Bonchev–Trinajstić information content (AvgIpc) is 2.23. The highest BCUT2D eigenvalue weighted by molar-refractivity contribution is 5.89. The number of carbonyl (C=O) groups is 2. The van der Waals surface area contributed by atoms with Crippen LogP contribution in [-0.2, 0) is 24.1 Å². The first-order chi connectivity index (χ1) is 7.13. The average molecular weight is 213 g/mol. The lowest BCUT2D eigenvalue weighted by atomic mass is 10.0. The maximum atomic E-state index is 11.7. The number of esters is 1. The van der Waals surface area contributed by atoms with Crippen LogP contribution in [0.2, 0.25) is 0 Å². The van der Waals surface area contributed by atoms with Crippen LogP contribution in [0.15, 0.2) is 11.6 Å². The standard InChI is InChI=1S/C9H11NO5/c1-5-3-6-10(4-7(11)13-2)9(12)8(5)15-14-6/h3,6,8H,4H2,1-2H3. The molecule has 3 heterocycles. The molecule has 1 saturated heterocycles. The summed E-state index contributed by atoms with van der Waals surface area (Å²) in [6.45, 7) is 1.66. The Kier molecular flexibility index (Phi) is 2.45. The van der Waals surface area contributed by atoms with E-state index >= 15 is 0 Å². The van der Waals surface area contributed by atoms with Gasteiger partial charge in [-0.15, -0.1) is 0 Å². The minimum Gasteiger partial charge on any atom is -0.468 e. The summed E-state index contributed by atoms with van der Waals surface area (Å²) in [4.78, 5) is 33.8. The Balaban J connectivity index is 2.15. The zero-order valence-corrected chi connectivity index (χ0v) is 8.43. The van der Waals surface area contributed by atoms with Gasteiger partial charge >= 0.3 is 5.97 Å². The van der Waals surface area contributed by atoms with Gasteiger partial charge in [-0.25, -0.2) is 9.78 Å². The van der Waals surface area contributed by atoms with E-state index in [4.69, 9.17) is 9.78 Å². The third kappa shape index (κ3) is 1.62. The quantitative estimate of drug-likeness (QED) is 0.355. The highest BCUT2D eigenvalue weighted by Gasteiger charge is 2.43. The van der Waals surface area contributed by atoms with Gasteiger partial charge in [-0.3, -0.25) is 14.5 Å². The molecule has 3 rings (SSSR count). The maximum absolute atomic E-state index is 11.7. The Morgan fingerprint density at radius 2 is 2.33 bits per heavy atom. The Bertz CT molecular complexity index is 337. The van der Waals surface area contributed by atoms with E-state index in [0.29, 0.717) is 0 Å². The van der Waals surface area contributed by atoms with Crippen molar-refractivity contribution in [1.82, 2.24) is 4.90 Å². The molecule has 2 unspecified atom stereocenters. The van der Waals surface area contributed by atoms with Crippen LogP contribution >= 0.6 is 0 Å². The molecule has 0 aliphatic carbocycles. The molecule has 0 aromatic heterocycles. The van der Waals surface area contributed by atoms with E-state index in [1.807, 2.05) is 0 Å². The second kappa shape index (κ2) is 3.63. The Morgan fingerprint density at radius 3 is 2.87 bits per heavy atom. The SMILES string of the molecule is COC(=O)CN1C(=O)C2OOC1C=C2C. The highest BCUT2D eigenvalue weighted by atomic mass is 17.2. The van der Waals surface area contributed by atoms with Crippen LogP contribution in [0.3, 0.4) is 0 Å². The molecule has 0 radical (unpaired) electrons. The van der Waals surface area contributed by atoms with E-state index in [1.54, 1.807) is 13.0 Å². The number of carbonyl (C=O) groups excluding carboxylic acids is 2. The van der Waals surface area contributed by atoms with Crippen molar-refractivity contribution in [2.24, 2.45) is 0 Å². The summed E-state index contributed by atoms with van der Waals surface area (Å²) in [5.41, 5.74) is 0.803. The first kappa shape index (κ1) is 10.1. The molecular formula is C9H11NO5. The maximum Gasteiger partial charge on any atom is 0.325 e. The topological polar surface area (TPSA) is 65.1 Å². The Labute approximate surface area is 86.3 Å². The molecule has 0 aromatic carbocycles. The predicted octanol–water partition coefficient (Wildman–Crippen LogP) is -0.396. The number of amides is 1. The van der Waals surface area contributed by atoms with E-state index in [9.17, 15) is 9.59 Å². The smallest absolute Gasteiger partial charge is 0.325 e. The van der Waals surface area contributed by atoms with Crippen molar-refractivity contribution in [2.45, 2.75) is 19.3 Å². The number of hydrogen-bond donors (Lipinski definition) is 0. The summed E-state index contributed by atoms with van der Waals surface area (Å²) < 4.78 is 4.49. The lowest BCUT2D eigenvalue weighted by Crippen LogP contribution is -2.57. The second-order valence-corrected chi connectivity index (χ2v) is 3.42. The Morgan fingerprint density at radius 1 is 1.60 bits per heavy atom. The van der Waals surface area contributed by atoms with Crippen molar-refractivity contribution in [2.75, 3.05) is 13.7 Å².